The van der Waals surface area contributed by atoms with Gasteiger partial charge in [-0.1, -0.05) is 12.1 Å². The number of likely N-dealkylation sites (tertiary alicyclic amines) is 1. The van der Waals surface area contributed by atoms with Crippen LogP contribution >= 0.6 is 0 Å². The van der Waals surface area contributed by atoms with Crippen molar-refractivity contribution in [3.63, 3.8) is 0 Å². The fourth-order valence-corrected chi connectivity index (χ4v) is 3.65. The molecule has 0 unspecified atom stereocenters. The number of halogens is 1. The van der Waals surface area contributed by atoms with Crippen LogP contribution < -0.4 is 0 Å². The summed E-state index contributed by atoms with van der Waals surface area (Å²) in [7, 11) is 0. The summed E-state index contributed by atoms with van der Waals surface area (Å²) >= 11 is 0. The molecule has 0 N–H and O–H groups in total. The zero-order valence-corrected chi connectivity index (χ0v) is 13.8. The van der Waals surface area contributed by atoms with Crippen LogP contribution in [0.25, 0.3) is 0 Å². The van der Waals surface area contributed by atoms with Crippen LogP contribution in [0.3, 0.4) is 0 Å². The monoisotopic (exact) mass is 330 g/mol. The van der Waals surface area contributed by atoms with Crippen LogP contribution in [0.5, 0.6) is 0 Å². The highest BCUT2D eigenvalue weighted by Gasteiger charge is 2.44. The largest absolute Gasteiger partial charge is 0.334 e. The zero-order chi connectivity index (χ0) is 16.7. The predicted octanol–water partition coefficient (Wildman–Crippen LogP) is 2.72. The molecular formula is C19H23FN2O2. The summed E-state index contributed by atoms with van der Waals surface area (Å²) < 4.78 is 13.4. The molecule has 0 radical (unpaired) electrons. The van der Waals surface area contributed by atoms with E-state index in [-0.39, 0.29) is 35.6 Å². The average molecular weight is 330 g/mol. The number of hydrogen-bond acceptors (Lipinski definition) is 2. The Morgan fingerprint density at radius 2 is 1.96 bits per heavy atom. The number of rotatable bonds is 5. The molecule has 1 atom stereocenters. The Balaban J connectivity index is 1.50. The van der Waals surface area contributed by atoms with Crippen LogP contribution in [0.15, 0.2) is 24.3 Å². The van der Waals surface area contributed by atoms with Gasteiger partial charge in [0.05, 0.1) is 0 Å². The highest BCUT2D eigenvalue weighted by molar-refractivity contribution is 5.90. The minimum absolute atomic E-state index is 0.0493. The fourth-order valence-electron chi connectivity index (χ4n) is 3.65. The quantitative estimate of drug-likeness (QED) is 0.833. The Morgan fingerprint density at radius 3 is 2.62 bits per heavy atom. The molecule has 128 valence electrons. The van der Waals surface area contributed by atoms with Gasteiger partial charge in [-0.15, -0.1) is 0 Å². The Labute approximate surface area is 141 Å². The molecule has 2 aliphatic carbocycles. The maximum atomic E-state index is 13.4. The van der Waals surface area contributed by atoms with E-state index in [0.717, 1.165) is 44.1 Å². The molecular weight excluding hydrogens is 307 g/mol. The summed E-state index contributed by atoms with van der Waals surface area (Å²) in [5, 5.41) is 0. The smallest absolute Gasteiger partial charge is 0.245 e. The van der Waals surface area contributed by atoms with Gasteiger partial charge in [-0.05, 0) is 56.2 Å². The molecule has 0 bridgehead atoms. The summed E-state index contributed by atoms with van der Waals surface area (Å²) in [4.78, 5) is 29.2. The van der Waals surface area contributed by atoms with Gasteiger partial charge < -0.3 is 9.80 Å². The summed E-state index contributed by atoms with van der Waals surface area (Å²) in [6.07, 6.45) is 5.59. The number of benzene rings is 1. The van der Waals surface area contributed by atoms with Crippen molar-refractivity contribution in [3.05, 3.63) is 35.6 Å². The molecule has 5 heteroatoms. The van der Waals surface area contributed by atoms with Crippen molar-refractivity contribution in [2.45, 2.75) is 57.2 Å². The van der Waals surface area contributed by atoms with Crippen molar-refractivity contribution in [3.8, 4) is 0 Å². The Kier molecular flexibility index (Phi) is 4.02. The molecule has 4 nitrogen and oxygen atoms in total. The van der Waals surface area contributed by atoms with Gasteiger partial charge in [-0.2, -0.15) is 0 Å². The first-order valence-electron chi connectivity index (χ1n) is 8.99. The molecule has 1 saturated heterocycles. The minimum Gasteiger partial charge on any atom is -0.334 e. The summed E-state index contributed by atoms with van der Waals surface area (Å²) in [6.45, 7) is 1.13. The maximum Gasteiger partial charge on any atom is 0.245 e. The molecule has 0 spiro atoms. The Bertz CT molecular complexity index is 655. The molecule has 3 fully saturated rings. The van der Waals surface area contributed by atoms with E-state index in [1.54, 1.807) is 11.0 Å². The van der Waals surface area contributed by atoms with E-state index < -0.39 is 0 Å². The first-order chi connectivity index (χ1) is 11.6. The number of amides is 2. The van der Waals surface area contributed by atoms with Crippen LogP contribution in [0.1, 0.15) is 44.1 Å². The lowest BCUT2D eigenvalue weighted by Crippen LogP contribution is -2.48. The molecule has 3 aliphatic rings. The third-order valence-electron chi connectivity index (χ3n) is 5.26. The number of carbonyl (C=O) groups excluding carboxylic acids is 2. The summed E-state index contributed by atoms with van der Waals surface area (Å²) in [6, 6.07) is 6.38. The molecule has 0 aromatic heterocycles. The van der Waals surface area contributed by atoms with E-state index in [4.69, 9.17) is 0 Å². The molecule has 1 aromatic rings. The van der Waals surface area contributed by atoms with Gasteiger partial charge in [0.1, 0.15) is 11.9 Å². The van der Waals surface area contributed by atoms with Crippen LogP contribution in [-0.4, -0.2) is 40.2 Å². The van der Waals surface area contributed by atoms with Gasteiger partial charge in [-0.3, -0.25) is 9.59 Å². The van der Waals surface area contributed by atoms with Crippen molar-refractivity contribution in [2.75, 3.05) is 6.54 Å². The molecule has 24 heavy (non-hydrogen) atoms. The second-order valence-corrected chi connectivity index (χ2v) is 7.29. The van der Waals surface area contributed by atoms with Gasteiger partial charge >= 0.3 is 0 Å². The molecule has 2 saturated carbocycles. The lowest BCUT2D eigenvalue weighted by Gasteiger charge is -2.30. The van der Waals surface area contributed by atoms with Crippen molar-refractivity contribution >= 4 is 11.8 Å². The Hall–Kier alpha value is -1.91. The van der Waals surface area contributed by atoms with Crippen molar-refractivity contribution in [1.82, 2.24) is 9.80 Å². The predicted molar refractivity (Wildman–Crippen MR) is 87.4 cm³/mol. The average Bonchev–Trinajstić information content (AvgIpc) is 3.49. The van der Waals surface area contributed by atoms with Crippen molar-refractivity contribution in [1.29, 1.82) is 0 Å². The Morgan fingerprint density at radius 1 is 1.17 bits per heavy atom. The highest BCUT2D eigenvalue weighted by atomic mass is 19.1. The first-order valence-corrected chi connectivity index (χ1v) is 8.99. The molecule has 2 amide bonds. The number of carbonyl (C=O) groups is 2. The van der Waals surface area contributed by atoms with Gasteiger partial charge in [0.2, 0.25) is 11.8 Å². The standard InChI is InChI=1S/C19H23FN2O2/c20-15-4-1-3-13(11-15)12-22(16-8-9-16)19(24)17-5-2-10-21(17)18(23)14-6-7-14/h1,3-4,11,14,16-17H,2,5-10,12H2/t17-/m0/s1. The van der Waals surface area contributed by atoms with Gasteiger partial charge in [-0.25, -0.2) is 4.39 Å². The second kappa shape index (κ2) is 6.19. The van der Waals surface area contributed by atoms with E-state index in [9.17, 15) is 14.0 Å². The molecule has 4 rings (SSSR count). The third kappa shape index (κ3) is 3.17. The van der Waals surface area contributed by atoms with E-state index in [1.807, 2.05) is 11.0 Å². The van der Waals surface area contributed by atoms with Gasteiger partial charge in [0.15, 0.2) is 0 Å². The van der Waals surface area contributed by atoms with Gasteiger partial charge in [0, 0.05) is 25.0 Å². The van der Waals surface area contributed by atoms with Crippen LogP contribution in [0.2, 0.25) is 0 Å². The van der Waals surface area contributed by atoms with E-state index in [1.165, 1.54) is 12.1 Å². The van der Waals surface area contributed by atoms with Crippen molar-refractivity contribution in [2.24, 2.45) is 5.92 Å². The van der Waals surface area contributed by atoms with Gasteiger partial charge in [0.25, 0.3) is 0 Å². The zero-order valence-electron chi connectivity index (χ0n) is 13.8. The third-order valence-corrected chi connectivity index (χ3v) is 5.26. The minimum atomic E-state index is -0.313. The van der Waals surface area contributed by atoms with Crippen LogP contribution in [0, 0.1) is 11.7 Å². The normalized spacial score (nSPS) is 23.4. The number of nitrogens with zero attached hydrogens (tertiary/aromatic N) is 2. The fraction of sp³-hybridized carbons (Fsp3) is 0.579. The van der Waals surface area contributed by atoms with Crippen LogP contribution in [-0.2, 0) is 16.1 Å². The maximum absolute atomic E-state index is 13.4. The summed E-state index contributed by atoms with van der Waals surface area (Å²) in [5.41, 5.74) is 0.813. The molecule has 1 heterocycles. The second-order valence-electron chi connectivity index (χ2n) is 7.29. The SMILES string of the molecule is O=C([C@@H]1CCCN1C(=O)C1CC1)N(Cc1cccc(F)c1)C1CC1. The molecule has 1 aliphatic heterocycles. The van der Waals surface area contributed by atoms with E-state index >= 15 is 0 Å². The lowest BCUT2D eigenvalue weighted by atomic mass is 10.1. The van der Waals surface area contributed by atoms with Crippen molar-refractivity contribution < 1.29 is 14.0 Å². The summed E-state index contributed by atoms with van der Waals surface area (Å²) in [5.74, 6) is 0.0821. The highest BCUT2D eigenvalue weighted by Crippen LogP contribution is 2.35. The van der Waals surface area contributed by atoms with Crippen LogP contribution in [0.4, 0.5) is 4.39 Å². The van der Waals surface area contributed by atoms with E-state index in [0.29, 0.717) is 13.1 Å². The van der Waals surface area contributed by atoms with E-state index in [2.05, 4.69) is 0 Å². The number of hydrogen-bond donors (Lipinski definition) is 0. The lowest BCUT2D eigenvalue weighted by molar-refractivity contribution is -0.145. The molecule has 1 aromatic carbocycles. The first kappa shape index (κ1) is 15.6. The topological polar surface area (TPSA) is 40.6 Å².